The minimum atomic E-state index is 0.0803. The van der Waals surface area contributed by atoms with E-state index in [1.807, 2.05) is 53.6 Å². The van der Waals surface area contributed by atoms with E-state index in [1.165, 1.54) is 0 Å². The molecule has 116 valence electrons. The number of hydrogen-bond donors (Lipinski definition) is 0. The maximum Gasteiger partial charge on any atom is 0.256 e. The van der Waals surface area contributed by atoms with Crippen LogP contribution in [0.3, 0.4) is 0 Å². The van der Waals surface area contributed by atoms with Crippen LogP contribution >= 0.6 is 0 Å². The van der Waals surface area contributed by atoms with Gasteiger partial charge in [-0.1, -0.05) is 24.3 Å². The first-order valence-electron chi connectivity index (χ1n) is 7.90. The SMILES string of the molecule is COc1ccccc1-c1ccc2c(c1)C(=O)N1CCC[C@H]1C=N2. The Labute approximate surface area is 135 Å². The smallest absolute Gasteiger partial charge is 0.256 e. The van der Waals surface area contributed by atoms with Gasteiger partial charge in [0.1, 0.15) is 5.75 Å². The second-order valence-electron chi connectivity index (χ2n) is 5.92. The molecular formula is C19H18N2O2. The highest BCUT2D eigenvalue weighted by atomic mass is 16.5. The molecule has 0 bridgehead atoms. The largest absolute Gasteiger partial charge is 0.496 e. The Morgan fingerprint density at radius 1 is 1.17 bits per heavy atom. The Kier molecular flexibility index (Phi) is 3.37. The molecule has 1 amide bonds. The Balaban J connectivity index is 1.81. The molecular weight excluding hydrogens is 288 g/mol. The molecule has 0 saturated carbocycles. The van der Waals surface area contributed by atoms with Crippen LogP contribution in [0.15, 0.2) is 47.5 Å². The fraction of sp³-hybridized carbons (Fsp3) is 0.263. The average molecular weight is 306 g/mol. The van der Waals surface area contributed by atoms with E-state index >= 15 is 0 Å². The Morgan fingerprint density at radius 2 is 2.04 bits per heavy atom. The number of benzene rings is 2. The van der Waals surface area contributed by atoms with Crippen LogP contribution in [-0.4, -0.2) is 36.7 Å². The lowest BCUT2D eigenvalue weighted by Crippen LogP contribution is -2.35. The van der Waals surface area contributed by atoms with E-state index in [2.05, 4.69) is 4.99 Å². The molecule has 4 heteroatoms. The zero-order chi connectivity index (χ0) is 15.8. The highest BCUT2D eigenvalue weighted by molar-refractivity contribution is 6.03. The number of amides is 1. The van der Waals surface area contributed by atoms with Crippen LogP contribution in [0.25, 0.3) is 11.1 Å². The predicted octanol–water partition coefficient (Wildman–Crippen LogP) is 3.68. The number of fused-ring (bicyclic) bond motifs is 2. The van der Waals surface area contributed by atoms with Gasteiger partial charge in [-0.15, -0.1) is 0 Å². The summed E-state index contributed by atoms with van der Waals surface area (Å²) in [6.45, 7) is 0.813. The Morgan fingerprint density at radius 3 is 2.91 bits per heavy atom. The van der Waals surface area contributed by atoms with Crippen LogP contribution in [0.2, 0.25) is 0 Å². The number of aliphatic imine (C=N–C) groups is 1. The van der Waals surface area contributed by atoms with Crippen molar-refractivity contribution in [2.75, 3.05) is 13.7 Å². The van der Waals surface area contributed by atoms with Gasteiger partial charge < -0.3 is 9.64 Å². The molecule has 2 aromatic carbocycles. The summed E-state index contributed by atoms with van der Waals surface area (Å²) in [5.74, 6) is 0.882. The van der Waals surface area contributed by atoms with E-state index in [-0.39, 0.29) is 11.9 Å². The third kappa shape index (κ3) is 2.31. The number of nitrogens with zero attached hydrogens (tertiary/aromatic N) is 2. The third-order valence-corrected chi connectivity index (χ3v) is 4.59. The summed E-state index contributed by atoms with van der Waals surface area (Å²) in [4.78, 5) is 19.3. The predicted molar refractivity (Wildman–Crippen MR) is 90.6 cm³/mol. The maximum absolute atomic E-state index is 12.9. The van der Waals surface area contributed by atoms with Crippen molar-refractivity contribution in [1.82, 2.24) is 4.90 Å². The average Bonchev–Trinajstić information content (AvgIpc) is 3.03. The molecule has 23 heavy (non-hydrogen) atoms. The van der Waals surface area contributed by atoms with E-state index in [9.17, 15) is 4.79 Å². The Hall–Kier alpha value is -2.62. The molecule has 0 aliphatic carbocycles. The van der Waals surface area contributed by atoms with E-state index in [0.29, 0.717) is 5.56 Å². The van der Waals surface area contributed by atoms with Gasteiger partial charge in [-0.25, -0.2) is 0 Å². The summed E-state index contributed by atoms with van der Waals surface area (Å²) in [5.41, 5.74) is 3.39. The van der Waals surface area contributed by atoms with Gasteiger partial charge in [-0.3, -0.25) is 9.79 Å². The normalized spacial score (nSPS) is 19.3. The molecule has 0 aromatic heterocycles. The summed E-state index contributed by atoms with van der Waals surface area (Å²) in [7, 11) is 1.66. The molecule has 0 N–H and O–H groups in total. The highest BCUT2D eigenvalue weighted by Gasteiger charge is 2.31. The van der Waals surface area contributed by atoms with Gasteiger partial charge in [-0.05, 0) is 36.6 Å². The molecule has 2 aromatic rings. The monoisotopic (exact) mass is 306 g/mol. The number of para-hydroxylation sites is 1. The molecule has 2 aliphatic rings. The zero-order valence-corrected chi connectivity index (χ0v) is 13.0. The van der Waals surface area contributed by atoms with Gasteiger partial charge in [0.2, 0.25) is 0 Å². The van der Waals surface area contributed by atoms with Gasteiger partial charge in [-0.2, -0.15) is 0 Å². The quantitative estimate of drug-likeness (QED) is 0.849. The van der Waals surface area contributed by atoms with Crippen molar-refractivity contribution < 1.29 is 9.53 Å². The first kappa shape index (κ1) is 14.0. The van der Waals surface area contributed by atoms with Crippen LogP contribution in [0.4, 0.5) is 5.69 Å². The Bertz CT molecular complexity index is 798. The van der Waals surface area contributed by atoms with Crippen molar-refractivity contribution >= 4 is 17.8 Å². The molecule has 2 aliphatic heterocycles. The number of ether oxygens (including phenoxy) is 1. The van der Waals surface area contributed by atoms with E-state index in [1.54, 1.807) is 7.11 Å². The standard InChI is InChI=1S/C19H18N2O2/c1-23-18-7-3-2-6-15(18)13-8-9-17-16(11-13)19(22)21-10-4-5-14(21)12-20-17/h2-3,6-9,11-12,14H,4-5,10H2,1H3/t14-/m0/s1. The summed E-state index contributed by atoms with van der Waals surface area (Å²) in [6, 6.07) is 13.8. The molecule has 0 radical (unpaired) electrons. The van der Waals surface area contributed by atoms with E-state index in [0.717, 1.165) is 42.0 Å². The van der Waals surface area contributed by atoms with Gasteiger partial charge >= 0.3 is 0 Å². The van der Waals surface area contributed by atoms with E-state index in [4.69, 9.17) is 4.74 Å². The van der Waals surface area contributed by atoms with Crippen molar-refractivity contribution in [3.63, 3.8) is 0 Å². The molecule has 0 spiro atoms. The third-order valence-electron chi connectivity index (χ3n) is 4.59. The van der Waals surface area contributed by atoms with Crippen molar-refractivity contribution in [3.8, 4) is 16.9 Å². The lowest BCUT2D eigenvalue weighted by Gasteiger charge is -2.20. The van der Waals surface area contributed by atoms with Crippen molar-refractivity contribution in [1.29, 1.82) is 0 Å². The van der Waals surface area contributed by atoms with Crippen molar-refractivity contribution in [2.45, 2.75) is 18.9 Å². The minimum Gasteiger partial charge on any atom is -0.496 e. The molecule has 4 rings (SSSR count). The molecule has 0 unspecified atom stereocenters. The maximum atomic E-state index is 12.9. The van der Waals surface area contributed by atoms with E-state index < -0.39 is 0 Å². The second-order valence-corrected chi connectivity index (χ2v) is 5.92. The highest BCUT2D eigenvalue weighted by Crippen LogP contribution is 2.35. The fourth-order valence-electron chi connectivity index (χ4n) is 3.39. The number of carbonyl (C=O) groups is 1. The molecule has 4 nitrogen and oxygen atoms in total. The number of methoxy groups -OCH3 is 1. The van der Waals surface area contributed by atoms with Crippen molar-refractivity contribution in [2.24, 2.45) is 4.99 Å². The number of carbonyl (C=O) groups excluding carboxylic acids is 1. The summed E-state index contributed by atoms with van der Waals surface area (Å²) < 4.78 is 5.44. The minimum absolute atomic E-state index is 0.0803. The fourth-order valence-corrected chi connectivity index (χ4v) is 3.39. The molecule has 1 saturated heterocycles. The lowest BCUT2D eigenvalue weighted by atomic mass is 10.0. The van der Waals surface area contributed by atoms with Crippen LogP contribution in [0, 0.1) is 0 Å². The van der Waals surface area contributed by atoms with Gasteiger partial charge in [0, 0.05) is 18.3 Å². The van der Waals surface area contributed by atoms with Gasteiger partial charge in [0.05, 0.1) is 24.4 Å². The first-order chi connectivity index (χ1) is 11.3. The van der Waals surface area contributed by atoms with Gasteiger partial charge in [0.15, 0.2) is 0 Å². The van der Waals surface area contributed by atoms with Crippen LogP contribution in [0.1, 0.15) is 23.2 Å². The van der Waals surface area contributed by atoms with Crippen molar-refractivity contribution in [3.05, 3.63) is 48.0 Å². The number of hydrogen-bond acceptors (Lipinski definition) is 3. The molecule has 1 atom stereocenters. The first-order valence-corrected chi connectivity index (χ1v) is 7.90. The lowest BCUT2D eigenvalue weighted by molar-refractivity contribution is 0.0775. The van der Waals surface area contributed by atoms with Crippen LogP contribution < -0.4 is 4.74 Å². The summed E-state index contributed by atoms with van der Waals surface area (Å²) in [5, 5.41) is 0. The topological polar surface area (TPSA) is 41.9 Å². The van der Waals surface area contributed by atoms with Gasteiger partial charge in [0.25, 0.3) is 5.91 Å². The summed E-state index contributed by atoms with van der Waals surface area (Å²) in [6.07, 6.45) is 3.96. The van der Waals surface area contributed by atoms with Crippen LogP contribution in [0.5, 0.6) is 5.75 Å². The number of rotatable bonds is 2. The molecule has 1 fully saturated rings. The summed E-state index contributed by atoms with van der Waals surface area (Å²) >= 11 is 0. The zero-order valence-electron chi connectivity index (χ0n) is 13.0. The van der Waals surface area contributed by atoms with Crippen LogP contribution in [-0.2, 0) is 0 Å². The molecule has 2 heterocycles. The second kappa shape index (κ2) is 5.54.